The molecule has 3 saturated carbocycles. The van der Waals surface area contributed by atoms with Crippen LogP contribution in [0.2, 0.25) is 0 Å². The first-order valence-electron chi connectivity index (χ1n) is 16.1. The number of ether oxygens (including phenoxy) is 1. The lowest BCUT2D eigenvalue weighted by molar-refractivity contribution is -0.208. The maximum Gasteiger partial charge on any atom is 0.305 e. The van der Waals surface area contributed by atoms with Crippen molar-refractivity contribution in [3.05, 3.63) is 53.6 Å². The minimum Gasteiger partial charge on any atom is -0.463 e. The number of carbonyl (C=O) groups is 2. The molecule has 9 heteroatoms. The molecule has 3 fully saturated rings. The summed E-state index contributed by atoms with van der Waals surface area (Å²) in [7, 11) is 0. The van der Waals surface area contributed by atoms with E-state index in [1.807, 2.05) is 37.3 Å². The summed E-state index contributed by atoms with van der Waals surface area (Å²) in [5.74, 6) is 0.867. The number of nitrogens with zero attached hydrogens (tertiary/aromatic N) is 1. The Kier molecular flexibility index (Phi) is 10.2. The van der Waals surface area contributed by atoms with Gasteiger partial charge in [0.1, 0.15) is 12.7 Å². The largest absolute Gasteiger partial charge is 0.463 e. The average molecular weight is 649 g/mol. The van der Waals surface area contributed by atoms with E-state index in [9.17, 15) is 24.9 Å². The molecule has 0 aromatic heterocycles. The molecule has 1 unspecified atom stereocenters. The molecular weight excluding hydrogens is 601 g/mol. The van der Waals surface area contributed by atoms with Gasteiger partial charge in [0.15, 0.2) is 5.78 Å². The van der Waals surface area contributed by atoms with Crippen molar-refractivity contribution in [1.82, 2.24) is 0 Å². The molecule has 0 radical (unpaired) electrons. The summed E-state index contributed by atoms with van der Waals surface area (Å²) in [6.45, 7) is 5.28. The molecule has 0 bridgehead atoms. The number of halogens is 2. The van der Waals surface area contributed by atoms with E-state index in [0.29, 0.717) is 37.4 Å². The lowest BCUT2D eigenvalue weighted by Crippen LogP contribution is -2.62. The van der Waals surface area contributed by atoms with Crippen molar-refractivity contribution in [1.29, 1.82) is 0 Å². The van der Waals surface area contributed by atoms with Gasteiger partial charge in [0.2, 0.25) is 0 Å². The average Bonchev–Trinajstić information content (AvgIpc) is 3.27. The van der Waals surface area contributed by atoms with Crippen LogP contribution in [0.3, 0.4) is 0 Å². The molecule has 4 aliphatic carbocycles. The molecule has 7 nitrogen and oxygen atoms in total. The zero-order chi connectivity index (χ0) is 31.7. The van der Waals surface area contributed by atoms with Gasteiger partial charge in [0.25, 0.3) is 0 Å². The summed E-state index contributed by atoms with van der Waals surface area (Å²) in [6, 6.07) is 8.17. The van der Waals surface area contributed by atoms with Crippen molar-refractivity contribution < 1.29 is 29.6 Å². The van der Waals surface area contributed by atoms with Gasteiger partial charge in [0.05, 0.1) is 11.7 Å². The highest BCUT2D eigenvalue weighted by Crippen LogP contribution is 2.67. The van der Waals surface area contributed by atoms with Crippen LogP contribution in [0.1, 0.15) is 64.4 Å². The number of aryl methyl sites for hydroxylation is 1. The number of anilines is 1. The number of benzene rings is 1. The van der Waals surface area contributed by atoms with Gasteiger partial charge in [0, 0.05) is 53.7 Å². The highest BCUT2D eigenvalue weighted by atomic mass is 35.5. The van der Waals surface area contributed by atoms with Crippen molar-refractivity contribution in [3.63, 3.8) is 0 Å². The Hall–Kier alpha value is -1.90. The zero-order valence-electron chi connectivity index (χ0n) is 25.9. The van der Waals surface area contributed by atoms with Crippen molar-refractivity contribution >= 4 is 40.6 Å². The van der Waals surface area contributed by atoms with E-state index in [2.05, 4.69) is 11.8 Å². The summed E-state index contributed by atoms with van der Waals surface area (Å²) in [5.41, 5.74) is 0.682. The van der Waals surface area contributed by atoms with Gasteiger partial charge in [-0.15, -0.1) is 23.2 Å². The third-order valence-corrected chi connectivity index (χ3v) is 11.9. The van der Waals surface area contributed by atoms with Crippen LogP contribution >= 0.6 is 23.2 Å². The second kappa shape index (κ2) is 13.4. The highest BCUT2D eigenvalue weighted by Gasteiger charge is 2.67. The fraction of sp³-hybridized carbons (Fsp3) is 0.657. The zero-order valence-corrected chi connectivity index (χ0v) is 27.4. The summed E-state index contributed by atoms with van der Waals surface area (Å²) >= 11 is 11.8. The van der Waals surface area contributed by atoms with Crippen LogP contribution in [0, 0.1) is 28.6 Å². The summed E-state index contributed by atoms with van der Waals surface area (Å²) in [5, 5.41) is 34.8. The Labute approximate surface area is 271 Å². The van der Waals surface area contributed by atoms with E-state index in [1.165, 1.54) is 0 Å². The minimum absolute atomic E-state index is 0.00128. The van der Waals surface area contributed by atoms with Crippen molar-refractivity contribution in [2.45, 2.75) is 83.0 Å². The van der Waals surface area contributed by atoms with Crippen molar-refractivity contribution in [2.24, 2.45) is 28.6 Å². The maximum atomic E-state index is 12.6. The van der Waals surface area contributed by atoms with Crippen LogP contribution in [-0.4, -0.2) is 76.3 Å². The van der Waals surface area contributed by atoms with Gasteiger partial charge < -0.3 is 25.0 Å². The molecule has 1 aromatic rings. The highest BCUT2D eigenvalue weighted by molar-refractivity contribution is 6.18. The number of fused-ring (bicyclic) bond motifs is 5. The normalized spacial score (nSPS) is 34.9. The first kappa shape index (κ1) is 33.5. The molecule has 1 aromatic carbocycles. The molecule has 0 saturated heterocycles. The van der Waals surface area contributed by atoms with Crippen LogP contribution in [0.25, 0.3) is 0 Å². The molecule has 4 aliphatic rings. The molecule has 44 heavy (non-hydrogen) atoms. The van der Waals surface area contributed by atoms with Gasteiger partial charge in [-0.2, -0.15) is 0 Å². The Morgan fingerprint density at radius 1 is 1.14 bits per heavy atom. The summed E-state index contributed by atoms with van der Waals surface area (Å²) in [6.07, 6.45) is 8.02. The number of rotatable bonds is 12. The fourth-order valence-corrected chi connectivity index (χ4v) is 9.59. The smallest absolute Gasteiger partial charge is 0.305 e. The Morgan fingerprint density at radius 3 is 2.52 bits per heavy atom. The third kappa shape index (κ3) is 6.12. The molecule has 0 aliphatic heterocycles. The number of aliphatic hydroxyl groups excluding tert-OH is 2. The van der Waals surface area contributed by atoms with Crippen LogP contribution in [0.4, 0.5) is 5.69 Å². The quantitative estimate of drug-likeness (QED) is 0.211. The maximum absolute atomic E-state index is 12.6. The predicted molar refractivity (Wildman–Crippen MR) is 173 cm³/mol. The number of carbonyl (C=O) groups excluding carboxylic acids is 2. The number of alkyl halides is 2. The van der Waals surface area contributed by atoms with Gasteiger partial charge in [-0.25, -0.2) is 0 Å². The first-order valence-corrected chi connectivity index (χ1v) is 17.2. The second-order valence-electron chi connectivity index (χ2n) is 13.8. The Morgan fingerprint density at radius 2 is 1.84 bits per heavy atom. The van der Waals surface area contributed by atoms with Gasteiger partial charge >= 0.3 is 5.97 Å². The van der Waals surface area contributed by atoms with E-state index >= 15 is 0 Å². The van der Waals surface area contributed by atoms with Gasteiger partial charge in [-0.1, -0.05) is 37.6 Å². The first-order chi connectivity index (χ1) is 21.0. The van der Waals surface area contributed by atoms with Crippen molar-refractivity contribution in [3.8, 4) is 0 Å². The number of ketones is 1. The number of allylic oxidation sites excluding steroid dienone is 4. The molecule has 242 valence electrons. The van der Waals surface area contributed by atoms with Crippen LogP contribution in [0.15, 0.2) is 48.1 Å². The number of hydrogen-bond acceptors (Lipinski definition) is 7. The molecule has 0 heterocycles. The Balaban J connectivity index is 1.15. The molecule has 0 spiro atoms. The molecule has 3 N–H and O–H groups in total. The SMILES string of the molecule is C[C@@]12C=CC(=O)C=C1CC[C@H]1[C@H]2[C@H](O)C[C@]2(C)[C@@H]1CC[C@@]2(O)C(O)COC(=O)CCCc1ccc(N(CCCl)CCCl)cc1. The second-order valence-corrected chi connectivity index (χ2v) is 14.5. The fourth-order valence-electron chi connectivity index (χ4n) is 9.18. The van der Waals surface area contributed by atoms with Crippen LogP contribution < -0.4 is 4.90 Å². The molecule has 5 rings (SSSR count). The summed E-state index contributed by atoms with van der Waals surface area (Å²) < 4.78 is 5.49. The minimum atomic E-state index is -1.47. The predicted octanol–water partition coefficient (Wildman–Crippen LogP) is 5.21. The summed E-state index contributed by atoms with van der Waals surface area (Å²) in [4.78, 5) is 26.8. The van der Waals surface area contributed by atoms with E-state index < -0.39 is 29.2 Å². The lowest BCUT2D eigenvalue weighted by Gasteiger charge is -2.60. The van der Waals surface area contributed by atoms with E-state index in [0.717, 1.165) is 49.2 Å². The lowest BCUT2D eigenvalue weighted by atomic mass is 9.46. The number of hydrogen-bond donors (Lipinski definition) is 3. The standard InChI is InChI=1S/C35H47Cl2NO6/c1-33-14-12-26(39)20-24(33)8-11-27-28-13-15-35(43,34(28,2)21-29(40)32(27)33)30(41)22-44-31(42)5-3-4-23-6-9-25(10-7-23)38(18-16-36)19-17-37/h6-7,9-10,12,14,20,27-30,32,40-41,43H,3-5,8,11,13,15-19,21-22H2,1-2H3/t27-,28-,29-,30?,32+,33-,34-,35-/m1/s1. The topological polar surface area (TPSA) is 107 Å². The van der Waals surface area contributed by atoms with Crippen molar-refractivity contribution in [2.75, 3.05) is 36.4 Å². The number of esters is 1. The van der Waals surface area contributed by atoms with E-state index in [1.54, 1.807) is 12.2 Å². The van der Waals surface area contributed by atoms with E-state index in [-0.39, 0.29) is 42.0 Å². The molecule has 8 atom stereocenters. The monoisotopic (exact) mass is 647 g/mol. The van der Waals surface area contributed by atoms with Crippen LogP contribution in [-0.2, 0) is 20.7 Å². The van der Waals surface area contributed by atoms with Gasteiger partial charge in [-0.3, -0.25) is 9.59 Å². The van der Waals surface area contributed by atoms with E-state index in [4.69, 9.17) is 27.9 Å². The molecular formula is C35H47Cl2NO6. The van der Waals surface area contributed by atoms with Gasteiger partial charge in [-0.05, 0) is 86.6 Å². The number of aliphatic hydroxyl groups is 3. The Bertz CT molecular complexity index is 1260. The third-order valence-electron chi connectivity index (χ3n) is 11.5. The van der Waals surface area contributed by atoms with Crippen LogP contribution in [0.5, 0.6) is 0 Å². The molecule has 0 amide bonds.